The molecule has 2 unspecified atom stereocenters. The molecule has 2 heteroatoms. The molecule has 2 nitrogen and oxygen atoms in total. The molecule has 0 saturated carbocycles. The maximum Gasteiger partial charge on any atom is 0.165 e. The number of benzene rings is 2. The summed E-state index contributed by atoms with van der Waals surface area (Å²) in [5.74, 6) is 0. The van der Waals surface area contributed by atoms with Gasteiger partial charge in [-0.25, -0.2) is 0 Å². The Morgan fingerprint density at radius 1 is 0.941 bits per heavy atom. The van der Waals surface area contributed by atoms with E-state index in [9.17, 15) is 0 Å². The number of hydrogen-bond acceptors (Lipinski definition) is 2. The monoisotopic (exact) mass is 225 g/mol. The standard InChI is InChI=1S/C15H15NO/c1-17-15(13-10-6-3-7-11-13)14(16-15)12-8-4-2-5-9-12/h2-11,14,16H,1H3. The van der Waals surface area contributed by atoms with Crippen LogP contribution in [0.3, 0.4) is 0 Å². The first-order valence-electron chi connectivity index (χ1n) is 5.80. The number of hydrogen-bond donors (Lipinski definition) is 1. The Morgan fingerprint density at radius 2 is 1.53 bits per heavy atom. The molecule has 2 atom stereocenters. The van der Waals surface area contributed by atoms with Gasteiger partial charge in [0.1, 0.15) is 0 Å². The molecule has 1 saturated heterocycles. The fourth-order valence-corrected chi connectivity index (χ4v) is 2.37. The molecule has 0 bridgehead atoms. The van der Waals surface area contributed by atoms with Crippen molar-refractivity contribution >= 4 is 0 Å². The van der Waals surface area contributed by atoms with E-state index in [1.165, 1.54) is 11.1 Å². The molecule has 0 spiro atoms. The molecule has 0 aliphatic carbocycles. The van der Waals surface area contributed by atoms with Gasteiger partial charge >= 0.3 is 0 Å². The van der Waals surface area contributed by atoms with Crippen molar-refractivity contribution in [1.82, 2.24) is 5.32 Å². The predicted molar refractivity (Wildman–Crippen MR) is 67.4 cm³/mol. The van der Waals surface area contributed by atoms with E-state index < -0.39 is 0 Å². The Kier molecular flexibility index (Phi) is 2.46. The summed E-state index contributed by atoms with van der Waals surface area (Å²) in [4.78, 5) is 0. The van der Waals surface area contributed by atoms with Gasteiger partial charge in [0.2, 0.25) is 0 Å². The summed E-state index contributed by atoms with van der Waals surface area (Å²) in [6, 6.07) is 20.9. The Labute approximate surface area is 101 Å². The lowest BCUT2D eigenvalue weighted by Gasteiger charge is -2.13. The zero-order chi connectivity index (χ0) is 11.7. The van der Waals surface area contributed by atoms with Crippen LogP contribution in [0.1, 0.15) is 17.2 Å². The van der Waals surface area contributed by atoms with Crippen LogP contribution in [0.4, 0.5) is 0 Å². The van der Waals surface area contributed by atoms with Gasteiger partial charge in [0, 0.05) is 12.7 Å². The highest BCUT2D eigenvalue weighted by Crippen LogP contribution is 2.49. The Balaban J connectivity index is 1.94. The van der Waals surface area contributed by atoms with E-state index in [2.05, 4.69) is 41.7 Å². The van der Waals surface area contributed by atoms with Gasteiger partial charge in [0.15, 0.2) is 5.72 Å². The molecule has 0 radical (unpaired) electrons. The van der Waals surface area contributed by atoms with E-state index in [0.29, 0.717) is 0 Å². The molecule has 1 N–H and O–H groups in total. The summed E-state index contributed by atoms with van der Waals surface area (Å²) in [6.45, 7) is 0. The van der Waals surface area contributed by atoms with Gasteiger partial charge in [0.05, 0.1) is 6.04 Å². The molecule has 1 fully saturated rings. The van der Waals surface area contributed by atoms with Crippen molar-refractivity contribution in [3.05, 3.63) is 71.8 Å². The number of methoxy groups -OCH3 is 1. The lowest BCUT2D eigenvalue weighted by atomic mass is 10.0. The normalized spacial score (nSPS) is 26.8. The average molecular weight is 225 g/mol. The van der Waals surface area contributed by atoms with Crippen LogP contribution in [0.5, 0.6) is 0 Å². The second kappa shape index (κ2) is 3.99. The molecule has 0 aromatic heterocycles. The van der Waals surface area contributed by atoms with Crippen LogP contribution in [0.15, 0.2) is 60.7 Å². The largest absolute Gasteiger partial charge is 0.357 e. The minimum Gasteiger partial charge on any atom is -0.357 e. The summed E-state index contributed by atoms with van der Waals surface area (Å²) < 4.78 is 5.69. The molecule has 2 aromatic carbocycles. The summed E-state index contributed by atoms with van der Waals surface area (Å²) in [5, 5.41) is 3.44. The minimum atomic E-state index is -0.345. The first-order valence-corrected chi connectivity index (χ1v) is 5.80. The number of ether oxygens (including phenoxy) is 1. The van der Waals surface area contributed by atoms with Crippen LogP contribution < -0.4 is 5.32 Å². The fourth-order valence-electron chi connectivity index (χ4n) is 2.37. The average Bonchev–Trinajstić information content (AvgIpc) is 3.17. The molecular formula is C15H15NO. The highest BCUT2D eigenvalue weighted by Gasteiger charge is 2.56. The SMILES string of the molecule is COC1(c2ccccc2)NC1c1ccccc1. The van der Waals surface area contributed by atoms with Gasteiger partial charge in [-0.3, -0.25) is 5.32 Å². The van der Waals surface area contributed by atoms with Crippen LogP contribution in [0.2, 0.25) is 0 Å². The molecule has 1 heterocycles. The molecule has 1 aliphatic rings. The lowest BCUT2D eigenvalue weighted by Crippen LogP contribution is -2.15. The molecule has 17 heavy (non-hydrogen) atoms. The fraction of sp³-hybridized carbons (Fsp3) is 0.200. The molecule has 3 rings (SSSR count). The third-order valence-corrected chi connectivity index (χ3v) is 3.34. The summed E-state index contributed by atoms with van der Waals surface area (Å²) in [5.41, 5.74) is 2.09. The first-order chi connectivity index (χ1) is 8.37. The number of rotatable bonds is 3. The van der Waals surface area contributed by atoms with Crippen molar-refractivity contribution in [3.8, 4) is 0 Å². The topological polar surface area (TPSA) is 31.2 Å². The van der Waals surface area contributed by atoms with Gasteiger partial charge in [-0.2, -0.15) is 0 Å². The third-order valence-electron chi connectivity index (χ3n) is 3.34. The van der Waals surface area contributed by atoms with Crippen molar-refractivity contribution in [2.24, 2.45) is 0 Å². The molecular weight excluding hydrogens is 210 g/mol. The summed E-state index contributed by atoms with van der Waals surface area (Å²) in [7, 11) is 1.75. The zero-order valence-electron chi connectivity index (χ0n) is 9.76. The molecule has 0 amide bonds. The van der Waals surface area contributed by atoms with Crippen LogP contribution in [0, 0.1) is 0 Å². The zero-order valence-corrected chi connectivity index (χ0v) is 9.76. The second-order valence-electron chi connectivity index (χ2n) is 4.29. The van der Waals surface area contributed by atoms with E-state index in [4.69, 9.17) is 4.74 Å². The van der Waals surface area contributed by atoms with E-state index in [-0.39, 0.29) is 11.8 Å². The van der Waals surface area contributed by atoms with E-state index in [0.717, 1.165) is 0 Å². The third kappa shape index (κ3) is 1.66. The van der Waals surface area contributed by atoms with Gasteiger partial charge in [-0.05, 0) is 5.56 Å². The maximum atomic E-state index is 5.69. The van der Waals surface area contributed by atoms with Crippen LogP contribution in [0.25, 0.3) is 0 Å². The quantitative estimate of drug-likeness (QED) is 0.814. The Hall–Kier alpha value is -1.64. The Bertz CT molecular complexity index is 497. The van der Waals surface area contributed by atoms with Gasteiger partial charge in [-0.15, -0.1) is 0 Å². The van der Waals surface area contributed by atoms with Gasteiger partial charge in [-0.1, -0.05) is 60.7 Å². The van der Waals surface area contributed by atoms with E-state index >= 15 is 0 Å². The summed E-state index contributed by atoms with van der Waals surface area (Å²) >= 11 is 0. The van der Waals surface area contributed by atoms with Crippen molar-refractivity contribution in [3.63, 3.8) is 0 Å². The van der Waals surface area contributed by atoms with Crippen molar-refractivity contribution in [2.45, 2.75) is 11.8 Å². The van der Waals surface area contributed by atoms with Crippen molar-refractivity contribution < 1.29 is 4.74 Å². The van der Waals surface area contributed by atoms with Gasteiger partial charge < -0.3 is 4.74 Å². The first kappa shape index (κ1) is 10.5. The van der Waals surface area contributed by atoms with Crippen LogP contribution >= 0.6 is 0 Å². The minimum absolute atomic E-state index is 0.246. The highest BCUT2D eigenvalue weighted by atomic mass is 16.5. The second-order valence-corrected chi connectivity index (χ2v) is 4.29. The molecule has 86 valence electrons. The van der Waals surface area contributed by atoms with Crippen molar-refractivity contribution in [2.75, 3.05) is 7.11 Å². The summed E-state index contributed by atoms with van der Waals surface area (Å²) in [6.07, 6.45) is 0. The van der Waals surface area contributed by atoms with E-state index in [1.54, 1.807) is 7.11 Å². The van der Waals surface area contributed by atoms with Crippen LogP contribution in [-0.2, 0) is 10.5 Å². The Morgan fingerprint density at radius 3 is 2.12 bits per heavy atom. The molecule has 2 aromatic rings. The lowest BCUT2D eigenvalue weighted by molar-refractivity contribution is 0.0656. The predicted octanol–water partition coefficient (Wildman–Crippen LogP) is 2.83. The molecule has 1 aliphatic heterocycles. The highest BCUT2D eigenvalue weighted by molar-refractivity contribution is 5.37. The van der Waals surface area contributed by atoms with Crippen LogP contribution in [-0.4, -0.2) is 7.11 Å². The smallest absolute Gasteiger partial charge is 0.165 e. The van der Waals surface area contributed by atoms with Gasteiger partial charge in [0.25, 0.3) is 0 Å². The van der Waals surface area contributed by atoms with Crippen molar-refractivity contribution in [1.29, 1.82) is 0 Å². The van der Waals surface area contributed by atoms with E-state index in [1.807, 2.05) is 24.3 Å². The maximum absolute atomic E-state index is 5.69. The number of nitrogens with one attached hydrogen (secondary N) is 1.